The molecule has 3 heteroatoms. The van der Waals surface area contributed by atoms with Crippen molar-refractivity contribution in [2.45, 2.75) is 12.8 Å². The van der Waals surface area contributed by atoms with Crippen LogP contribution in [0.25, 0.3) is 0 Å². The highest BCUT2D eigenvalue weighted by Gasteiger charge is 2.24. The van der Waals surface area contributed by atoms with E-state index in [9.17, 15) is 4.79 Å². The Hall–Kier alpha value is -1.51. The first-order valence-electron chi connectivity index (χ1n) is 4.23. The smallest absolute Gasteiger partial charge is 0.177 e. The zero-order valence-electron chi connectivity index (χ0n) is 7.41. The van der Waals surface area contributed by atoms with E-state index in [1.54, 1.807) is 12.1 Å². The van der Waals surface area contributed by atoms with E-state index >= 15 is 0 Å². The number of hydrogen-bond donors (Lipinski definition) is 1. The average molecular weight is 177 g/mol. The number of hydrogen-bond acceptors (Lipinski definition) is 3. The van der Waals surface area contributed by atoms with E-state index in [1.807, 2.05) is 13.0 Å². The Balaban J connectivity index is 2.51. The number of rotatable bonds is 0. The minimum absolute atomic E-state index is 0.0905. The van der Waals surface area contributed by atoms with E-state index < -0.39 is 0 Å². The van der Waals surface area contributed by atoms with Crippen LogP contribution in [0.3, 0.4) is 0 Å². The number of carbonyl (C=O) groups excluding carboxylic acids is 1. The second-order valence-corrected chi connectivity index (χ2v) is 3.27. The van der Waals surface area contributed by atoms with Gasteiger partial charge >= 0.3 is 0 Å². The van der Waals surface area contributed by atoms with Crippen molar-refractivity contribution in [2.75, 3.05) is 12.3 Å². The lowest BCUT2D eigenvalue weighted by Gasteiger charge is -2.21. The van der Waals surface area contributed by atoms with Crippen molar-refractivity contribution in [3.63, 3.8) is 0 Å². The molecule has 1 aromatic carbocycles. The molecule has 0 spiro atoms. The third-order valence-corrected chi connectivity index (χ3v) is 2.35. The van der Waals surface area contributed by atoms with Crippen LogP contribution in [0.2, 0.25) is 0 Å². The molecular weight excluding hydrogens is 166 g/mol. The molecule has 0 amide bonds. The number of anilines is 1. The lowest BCUT2D eigenvalue weighted by Crippen LogP contribution is -2.23. The summed E-state index contributed by atoms with van der Waals surface area (Å²) in [6.07, 6.45) is 0. The fraction of sp³-hybridized carbons (Fsp3) is 0.300. The zero-order chi connectivity index (χ0) is 9.42. The molecule has 0 radical (unpaired) electrons. The van der Waals surface area contributed by atoms with Crippen molar-refractivity contribution in [1.82, 2.24) is 0 Å². The lowest BCUT2D eigenvalue weighted by atomic mass is 9.94. The summed E-state index contributed by atoms with van der Waals surface area (Å²) in [6, 6.07) is 5.39. The summed E-state index contributed by atoms with van der Waals surface area (Å²) in [6.45, 7) is 2.06. The van der Waals surface area contributed by atoms with Gasteiger partial charge in [0.2, 0.25) is 0 Å². The van der Waals surface area contributed by atoms with Crippen LogP contribution < -0.4 is 10.5 Å². The summed E-state index contributed by atoms with van der Waals surface area (Å²) in [4.78, 5) is 11.3. The van der Waals surface area contributed by atoms with Crippen LogP contribution in [0, 0.1) is 0 Å². The minimum Gasteiger partial charge on any atom is -0.486 e. The molecule has 0 saturated heterocycles. The molecule has 0 saturated carbocycles. The lowest BCUT2D eigenvalue weighted by molar-refractivity contribution is -0.123. The zero-order valence-corrected chi connectivity index (χ0v) is 7.41. The fourth-order valence-corrected chi connectivity index (χ4v) is 1.48. The van der Waals surface area contributed by atoms with Crippen LogP contribution in [0.1, 0.15) is 18.4 Å². The van der Waals surface area contributed by atoms with Gasteiger partial charge in [0.1, 0.15) is 12.4 Å². The van der Waals surface area contributed by atoms with Gasteiger partial charge in [0, 0.05) is 17.2 Å². The van der Waals surface area contributed by atoms with Crippen molar-refractivity contribution in [3.8, 4) is 5.75 Å². The maximum Gasteiger partial charge on any atom is 0.177 e. The summed E-state index contributed by atoms with van der Waals surface area (Å²) in [5.41, 5.74) is 7.19. The van der Waals surface area contributed by atoms with Crippen LogP contribution >= 0.6 is 0 Å². The van der Waals surface area contributed by atoms with Gasteiger partial charge in [-0.2, -0.15) is 0 Å². The maximum absolute atomic E-state index is 11.3. The molecule has 1 heterocycles. The highest BCUT2D eigenvalue weighted by Crippen LogP contribution is 2.32. The van der Waals surface area contributed by atoms with Crippen LogP contribution in [-0.4, -0.2) is 12.4 Å². The van der Waals surface area contributed by atoms with Gasteiger partial charge in [0.25, 0.3) is 0 Å². The van der Waals surface area contributed by atoms with Gasteiger partial charge in [0.15, 0.2) is 5.78 Å². The predicted octanol–water partition coefficient (Wildman–Crippen LogP) is 1.33. The molecule has 0 unspecified atom stereocenters. The average Bonchev–Trinajstić information content (AvgIpc) is 2.12. The van der Waals surface area contributed by atoms with Crippen LogP contribution in [0.15, 0.2) is 18.2 Å². The molecule has 3 nitrogen and oxygen atoms in total. The molecule has 0 aromatic heterocycles. The molecule has 68 valence electrons. The molecule has 1 aliphatic rings. The Morgan fingerprint density at radius 2 is 2.31 bits per heavy atom. The summed E-state index contributed by atoms with van der Waals surface area (Å²) in [5.74, 6) is 0.798. The second-order valence-electron chi connectivity index (χ2n) is 3.27. The first-order chi connectivity index (χ1) is 6.18. The molecule has 1 atom stereocenters. The quantitative estimate of drug-likeness (QED) is 0.608. The molecule has 1 aromatic rings. The Labute approximate surface area is 76.5 Å². The van der Waals surface area contributed by atoms with Gasteiger partial charge in [-0.25, -0.2) is 0 Å². The summed E-state index contributed by atoms with van der Waals surface area (Å²) in [5, 5.41) is 0. The third-order valence-electron chi connectivity index (χ3n) is 2.35. The largest absolute Gasteiger partial charge is 0.486 e. The van der Waals surface area contributed by atoms with Crippen molar-refractivity contribution in [1.29, 1.82) is 0 Å². The van der Waals surface area contributed by atoms with E-state index in [-0.39, 0.29) is 18.3 Å². The van der Waals surface area contributed by atoms with E-state index in [2.05, 4.69) is 0 Å². The molecular formula is C10H11NO2. The first kappa shape index (κ1) is 8.10. The molecule has 1 aliphatic heterocycles. The van der Waals surface area contributed by atoms with Gasteiger partial charge in [-0.3, -0.25) is 4.79 Å². The van der Waals surface area contributed by atoms with Crippen LogP contribution in [0.5, 0.6) is 5.75 Å². The Kier molecular flexibility index (Phi) is 1.72. The summed E-state index contributed by atoms with van der Waals surface area (Å²) < 4.78 is 5.26. The van der Waals surface area contributed by atoms with Crippen molar-refractivity contribution < 1.29 is 9.53 Å². The number of Topliss-reactive ketones (excluding diaryl/α,β-unsaturated/α-hetero) is 1. The number of fused-ring (bicyclic) bond motifs is 1. The van der Waals surface area contributed by atoms with Gasteiger partial charge in [-0.1, -0.05) is 6.92 Å². The molecule has 0 bridgehead atoms. The SMILES string of the molecule is C[C@@H]1C(=O)COc2ccc(N)cc21. The van der Waals surface area contributed by atoms with E-state index in [0.29, 0.717) is 5.69 Å². The number of nitrogen functional groups attached to an aromatic ring is 1. The van der Waals surface area contributed by atoms with E-state index in [1.165, 1.54) is 0 Å². The van der Waals surface area contributed by atoms with Gasteiger partial charge in [-0.05, 0) is 18.2 Å². The molecule has 13 heavy (non-hydrogen) atoms. The van der Waals surface area contributed by atoms with Crippen LogP contribution in [-0.2, 0) is 4.79 Å². The standard InChI is InChI=1S/C10H11NO2/c1-6-8-4-7(11)2-3-10(8)13-5-9(6)12/h2-4,6H,5,11H2,1H3/t6-/m0/s1. The minimum atomic E-state index is -0.0905. The van der Waals surface area contributed by atoms with Gasteiger partial charge < -0.3 is 10.5 Å². The Morgan fingerprint density at radius 3 is 3.08 bits per heavy atom. The van der Waals surface area contributed by atoms with Crippen molar-refractivity contribution in [3.05, 3.63) is 23.8 Å². The van der Waals surface area contributed by atoms with Crippen LogP contribution in [0.4, 0.5) is 5.69 Å². The maximum atomic E-state index is 11.3. The van der Waals surface area contributed by atoms with Gasteiger partial charge in [-0.15, -0.1) is 0 Å². The monoisotopic (exact) mass is 177 g/mol. The predicted molar refractivity (Wildman–Crippen MR) is 49.8 cm³/mol. The Morgan fingerprint density at radius 1 is 1.54 bits per heavy atom. The Bertz CT molecular complexity index is 360. The molecule has 2 rings (SSSR count). The number of ether oxygens (including phenoxy) is 1. The van der Waals surface area contributed by atoms with Crippen molar-refractivity contribution in [2.24, 2.45) is 0 Å². The highest BCUT2D eigenvalue weighted by atomic mass is 16.5. The first-order valence-corrected chi connectivity index (χ1v) is 4.23. The molecule has 0 fully saturated rings. The topological polar surface area (TPSA) is 52.3 Å². The van der Waals surface area contributed by atoms with Gasteiger partial charge in [0.05, 0.1) is 0 Å². The number of nitrogens with two attached hydrogens (primary N) is 1. The fourth-order valence-electron chi connectivity index (χ4n) is 1.48. The third kappa shape index (κ3) is 1.26. The normalized spacial score (nSPS) is 20.7. The molecule has 0 aliphatic carbocycles. The molecule has 2 N–H and O–H groups in total. The summed E-state index contributed by atoms with van der Waals surface area (Å²) >= 11 is 0. The second kappa shape index (κ2) is 2.76. The van der Waals surface area contributed by atoms with Crippen molar-refractivity contribution >= 4 is 11.5 Å². The van der Waals surface area contributed by atoms with E-state index in [0.717, 1.165) is 11.3 Å². The number of benzene rings is 1. The number of ketones is 1. The van der Waals surface area contributed by atoms with E-state index in [4.69, 9.17) is 10.5 Å². The number of carbonyl (C=O) groups is 1. The highest BCUT2D eigenvalue weighted by molar-refractivity contribution is 5.89. The summed E-state index contributed by atoms with van der Waals surface area (Å²) in [7, 11) is 0.